The van der Waals surface area contributed by atoms with E-state index in [1.54, 1.807) is 35.3 Å². The second-order valence-corrected chi connectivity index (χ2v) is 3.86. The fraction of sp³-hybridized carbons (Fsp3) is 0. The zero-order valence-corrected chi connectivity index (χ0v) is 9.32. The van der Waals surface area contributed by atoms with E-state index in [-0.39, 0.29) is 5.56 Å². The van der Waals surface area contributed by atoms with Crippen molar-refractivity contribution in [1.82, 2.24) is 14.4 Å². The van der Waals surface area contributed by atoms with Gasteiger partial charge in [-0.1, -0.05) is 0 Å². The Bertz CT molecular complexity index is 719. The Balaban J connectivity index is 2.14. The maximum Gasteiger partial charge on any atom is 0.337 e. The van der Waals surface area contributed by atoms with Gasteiger partial charge in [0.15, 0.2) is 0 Å². The summed E-state index contributed by atoms with van der Waals surface area (Å²) in [5, 5.41) is 8.92. The number of carboxylic acids is 1. The molecule has 1 N–H and O–H groups in total. The van der Waals surface area contributed by atoms with Crippen LogP contribution in [-0.4, -0.2) is 25.4 Å². The largest absolute Gasteiger partial charge is 0.478 e. The molecule has 0 saturated carbocycles. The van der Waals surface area contributed by atoms with Crippen LogP contribution < -0.4 is 0 Å². The number of imidazole rings is 1. The smallest absolute Gasteiger partial charge is 0.337 e. The summed E-state index contributed by atoms with van der Waals surface area (Å²) < 4.78 is 1.70. The highest BCUT2D eigenvalue weighted by Gasteiger charge is 2.07. The van der Waals surface area contributed by atoms with Gasteiger partial charge in [0.1, 0.15) is 5.65 Å². The lowest BCUT2D eigenvalue weighted by atomic mass is 10.2. The summed E-state index contributed by atoms with van der Waals surface area (Å²) in [7, 11) is 0. The molecule has 0 unspecified atom stereocenters. The van der Waals surface area contributed by atoms with E-state index in [0.717, 1.165) is 11.3 Å². The van der Waals surface area contributed by atoms with Crippen LogP contribution in [-0.2, 0) is 0 Å². The van der Waals surface area contributed by atoms with Crippen LogP contribution in [0.25, 0.3) is 16.9 Å². The summed E-state index contributed by atoms with van der Waals surface area (Å²) >= 11 is 0. The van der Waals surface area contributed by atoms with E-state index >= 15 is 0 Å². The molecule has 0 spiro atoms. The Labute approximate surface area is 102 Å². The van der Waals surface area contributed by atoms with Crippen LogP contribution in [0.5, 0.6) is 0 Å². The third-order valence-corrected chi connectivity index (χ3v) is 2.66. The van der Waals surface area contributed by atoms with Gasteiger partial charge in [-0.05, 0) is 24.3 Å². The van der Waals surface area contributed by atoms with Crippen LogP contribution in [0.15, 0.2) is 49.1 Å². The van der Waals surface area contributed by atoms with Crippen LogP contribution in [0.1, 0.15) is 10.4 Å². The number of rotatable bonds is 2. The van der Waals surface area contributed by atoms with Crippen molar-refractivity contribution in [1.29, 1.82) is 0 Å². The second kappa shape index (κ2) is 3.96. The number of aromatic nitrogens is 3. The number of aromatic carboxylic acids is 1. The molecule has 3 heterocycles. The quantitative estimate of drug-likeness (QED) is 0.743. The molecule has 0 amide bonds. The Hall–Kier alpha value is -2.69. The molecule has 18 heavy (non-hydrogen) atoms. The van der Waals surface area contributed by atoms with Crippen molar-refractivity contribution in [3.8, 4) is 11.3 Å². The summed E-state index contributed by atoms with van der Waals surface area (Å²) in [6.07, 6.45) is 6.75. The van der Waals surface area contributed by atoms with Crippen molar-refractivity contribution < 1.29 is 9.90 Å². The third-order valence-electron chi connectivity index (χ3n) is 2.66. The Kier molecular flexibility index (Phi) is 2.30. The number of nitrogens with zero attached hydrogens (tertiary/aromatic N) is 3. The predicted octanol–water partition coefficient (Wildman–Crippen LogP) is 2.09. The molecular weight excluding hydrogens is 230 g/mol. The Morgan fingerprint density at radius 2 is 2.11 bits per heavy atom. The molecule has 0 saturated heterocycles. The van der Waals surface area contributed by atoms with Crippen LogP contribution in [0, 0.1) is 0 Å². The second-order valence-electron chi connectivity index (χ2n) is 3.86. The minimum Gasteiger partial charge on any atom is -0.478 e. The highest BCUT2D eigenvalue weighted by molar-refractivity contribution is 5.87. The van der Waals surface area contributed by atoms with Gasteiger partial charge in [0.2, 0.25) is 0 Å². The number of hydrogen-bond acceptors (Lipinski definition) is 3. The number of pyridine rings is 2. The lowest BCUT2D eigenvalue weighted by Crippen LogP contribution is -1.97. The summed E-state index contributed by atoms with van der Waals surface area (Å²) in [6.45, 7) is 0. The molecule has 0 aliphatic rings. The predicted molar refractivity (Wildman–Crippen MR) is 65.4 cm³/mol. The van der Waals surface area contributed by atoms with Crippen LogP contribution in [0.4, 0.5) is 0 Å². The van der Waals surface area contributed by atoms with Crippen molar-refractivity contribution in [2.75, 3.05) is 0 Å². The van der Waals surface area contributed by atoms with Gasteiger partial charge in [0.05, 0.1) is 11.3 Å². The molecule has 3 aromatic heterocycles. The summed E-state index contributed by atoms with van der Waals surface area (Å²) in [4.78, 5) is 19.3. The molecule has 0 atom stereocenters. The van der Waals surface area contributed by atoms with E-state index in [2.05, 4.69) is 9.97 Å². The van der Waals surface area contributed by atoms with E-state index in [4.69, 9.17) is 5.11 Å². The highest BCUT2D eigenvalue weighted by Crippen LogP contribution is 2.18. The molecule has 0 fully saturated rings. The summed E-state index contributed by atoms with van der Waals surface area (Å²) in [5.41, 5.74) is 2.61. The third kappa shape index (κ3) is 1.71. The first-order chi connectivity index (χ1) is 8.74. The zero-order chi connectivity index (χ0) is 12.5. The topological polar surface area (TPSA) is 67.5 Å². The van der Waals surface area contributed by atoms with E-state index < -0.39 is 5.97 Å². The minimum absolute atomic E-state index is 0.234. The first-order valence-corrected chi connectivity index (χ1v) is 5.36. The number of carboxylic acid groups (broad SMARTS) is 1. The first-order valence-electron chi connectivity index (χ1n) is 5.36. The van der Waals surface area contributed by atoms with Crippen molar-refractivity contribution >= 4 is 11.6 Å². The van der Waals surface area contributed by atoms with E-state index in [9.17, 15) is 4.79 Å². The molecule has 3 rings (SSSR count). The zero-order valence-electron chi connectivity index (χ0n) is 9.32. The average Bonchev–Trinajstić information content (AvgIpc) is 2.82. The van der Waals surface area contributed by atoms with Gasteiger partial charge in [-0.2, -0.15) is 0 Å². The van der Waals surface area contributed by atoms with Gasteiger partial charge >= 0.3 is 5.97 Å². The minimum atomic E-state index is -0.950. The SMILES string of the molecule is O=C(O)c1ccc2nc(-c3cccnc3)cn2c1. The monoisotopic (exact) mass is 239 g/mol. The molecule has 5 nitrogen and oxygen atoms in total. The molecule has 3 aromatic rings. The van der Waals surface area contributed by atoms with Crippen LogP contribution in [0.3, 0.4) is 0 Å². The number of hydrogen-bond donors (Lipinski definition) is 1. The van der Waals surface area contributed by atoms with Crippen LogP contribution >= 0.6 is 0 Å². The molecule has 88 valence electrons. The van der Waals surface area contributed by atoms with Gasteiger partial charge in [-0.15, -0.1) is 0 Å². The average molecular weight is 239 g/mol. The van der Waals surface area contributed by atoms with Crippen LogP contribution in [0.2, 0.25) is 0 Å². The van der Waals surface area contributed by atoms with E-state index in [1.165, 1.54) is 6.07 Å². The van der Waals surface area contributed by atoms with Crippen molar-refractivity contribution in [2.45, 2.75) is 0 Å². The first kappa shape index (κ1) is 10.5. The standard InChI is InChI=1S/C13H9N3O2/c17-13(18)10-3-4-12-15-11(8-16(12)7-10)9-2-1-5-14-6-9/h1-8H,(H,17,18). The van der Waals surface area contributed by atoms with Gasteiger partial charge in [-0.3, -0.25) is 4.98 Å². The van der Waals surface area contributed by atoms with Crippen molar-refractivity contribution in [3.05, 3.63) is 54.6 Å². The Morgan fingerprint density at radius 1 is 1.22 bits per heavy atom. The maximum absolute atomic E-state index is 10.9. The van der Waals surface area contributed by atoms with E-state index in [0.29, 0.717) is 5.65 Å². The van der Waals surface area contributed by atoms with Gasteiger partial charge < -0.3 is 9.51 Å². The summed E-state index contributed by atoms with van der Waals surface area (Å²) in [6, 6.07) is 6.97. The Morgan fingerprint density at radius 3 is 2.83 bits per heavy atom. The highest BCUT2D eigenvalue weighted by atomic mass is 16.4. The molecule has 0 bridgehead atoms. The molecule has 5 heteroatoms. The normalized spacial score (nSPS) is 10.7. The van der Waals surface area contributed by atoms with Crippen molar-refractivity contribution in [3.63, 3.8) is 0 Å². The van der Waals surface area contributed by atoms with Gasteiger partial charge in [-0.25, -0.2) is 9.78 Å². The molecule has 0 aliphatic heterocycles. The van der Waals surface area contributed by atoms with Gasteiger partial charge in [0.25, 0.3) is 0 Å². The summed E-state index contributed by atoms with van der Waals surface area (Å²) in [5.74, 6) is -0.950. The number of fused-ring (bicyclic) bond motifs is 1. The molecular formula is C13H9N3O2. The number of carbonyl (C=O) groups is 1. The maximum atomic E-state index is 10.9. The molecule has 0 aromatic carbocycles. The van der Waals surface area contributed by atoms with Crippen molar-refractivity contribution in [2.24, 2.45) is 0 Å². The lowest BCUT2D eigenvalue weighted by Gasteiger charge is -1.95. The fourth-order valence-corrected chi connectivity index (χ4v) is 1.77. The fourth-order valence-electron chi connectivity index (χ4n) is 1.77. The van der Waals surface area contributed by atoms with E-state index in [1.807, 2.05) is 12.1 Å². The van der Waals surface area contributed by atoms with Gasteiger partial charge in [0, 0.05) is 30.4 Å². The lowest BCUT2D eigenvalue weighted by molar-refractivity contribution is 0.0696. The molecule has 0 aliphatic carbocycles. The molecule has 0 radical (unpaired) electrons.